The number of aromatic nitrogens is 2. The van der Waals surface area contributed by atoms with Gasteiger partial charge >= 0.3 is 0 Å². The molecule has 0 aliphatic heterocycles. The first-order valence-corrected chi connectivity index (χ1v) is 10.1. The van der Waals surface area contributed by atoms with E-state index in [0.717, 1.165) is 17.6 Å². The van der Waals surface area contributed by atoms with E-state index in [9.17, 15) is 13.2 Å². The highest BCUT2D eigenvalue weighted by molar-refractivity contribution is 7.92. The largest absolute Gasteiger partial charge is 0.497 e. The maximum absolute atomic E-state index is 12.2. The average Bonchev–Trinajstić information content (AvgIpc) is 3.14. The van der Waals surface area contributed by atoms with Crippen LogP contribution in [0.3, 0.4) is 0 Å². The number of carbonyl (C=O) groups excluding carboxylic acids is 1. The lowest BCUT2D eigenvalue weighted by atomic mass is 10.2. The minimum Gasteiger partial charge on any atom is -0.497 e. The predicted octanol–water partition coefficient (Wildman–Crippen LogP) is 2.05. The van der Waals surface area contributed by atoms with Crippen LogP contribution in [-0.2, 0) is 16.6 Å². The van der Waals surface area contributed by atoms with Crippen molar-refractivity contribution in [2.45, 2.75) is 6.54 Å². The van der Waals surface area contributed by atoms with Crippen molar-refractivity contribution < 1.29 is 22.5 Å². The van der Waals surface area contributed by atoms with E-state index in [1.54, 1.807) is 31.4 Å². The van der Waals surface area contributed by atoms with Gasteiger partial charge in [0, 0.05) is 16.8 Å². The van der Waals surface area contributed by atoms with Crippen LogP contribution in [0.1, 0.15) is 16.2 Å². The second-order valence-electron chi connectivity index (χ2n) is 5.87. The summed E-state index contributed by atoms with van der Waals surface area (Å²) < 4.78 is 35.0. The van der Waals surface area contributed by atoms with E-state index in [2.05, 4.69) is 20.2 Å². The zero-order valence-corrected chi connectivity index (χ0v) is 16.0. The second-order valence-corrected chi connectivity index (χ2v) is 7.62. The Kier molecular flexibility index (Phi) is 5.59. The molecule has 10 heteroatoms. The fourth-order valence-corrected chi connectivity index (χ4v) is 2.91. The molecule has 146 valence electrons. The number of hydrogen-bond donors (Lipinski definition) is 2. The summed E-state index contributed by atoms with van der Waals surface area (Å²) in [6.07, 6.45) is 1.05. The number of nitrogens with one attached hydrogen (secondary N) is 2. The number of nitrogens with zero attached hydrogens (tertiary/aromatic N) is 2. The van der Waals surface area contributed by atoms with Gasteiger partial charge in [0.1, 0.15) is 5.75 Å². The summed E-state index contributed by atoms with van der Waals surface area (Å²) in [6.45, 7) is 0.0608. The summed E-state index contributed by atoms with van der Waals surface area (Å²) in [5.41, 5.74) is 1.50. The summed E-state index contributed by atoms with van der Waals surface area (Å²) in [7, 11) is -1.78. The zero-order valence-electron chi connectivity index (χ0n) is 15.2. The van der Waals surface area contributed by atoms with Crippen molar-refractivity contribution in [3.05, 3.63) is 60.0 Å². The molecular formula is C18H18N4O5S. The Hall–Kier alpha value is -3.40. The molecule has 0 aliphatic carbocycles. The third-order valence-electron chi connectivity index (χ3n) is 3.67. The van der Waals surface area contributed by atoms with E-state index in [1.165, 1.54) is 24.3 Å². The van der Waals surface area contributed by atoms with Crippen molar-refractivity contribution in [2.24, 2.45) is 0 Å². The number of ether oxygens (including phenoxy) is 1. The highest BCUT2D eigenvalue weighted by atomic mass is 32.2. The van der Waals surface area contributed by atoms with Crippen molar-refractivity contribution in [1.82, 2.24) is 15.5 Å². The predicted molar refractivity (Wildman–Crippen MR) is 102 cm³/mol. The zero-order chi connectivity index (χ0) is 20.1. The third-order valence-corrected chi connectivity index (χ3v) is 4.27. The number of sulfonamides is 1. The summed E-state index contributed by atoms with van der Waals surface area (Å²) >= 11 is 0. The van der Waals surface area contributed by atoms with Crippen LogP contribution in [-0.4, -0.2) is 37.8 Å². The second kappa shape index (κ2) is 8.09. The maximum atomic E-state index is 12.2. The molecule has 3 aromatic rings. The van der Waals surface area contributed by atoms with Crippen LogP contribution in [0.5, 0.6) is 5.75 Å². The Balaban J connectivity index is 1.59. The van der Waals surface area contributed by atoms with Crippen molar-refractivity contribution in [3.8, 4) is 17.1 Å². The molecule has 28 heavy (non-hydrogen) atoms. The Morgan fingerprint density at radius 3 is 2.39 bits per heavy atom. The quantitative estimate of drug-likeness (QED) is 0.620. The summed E-state index contributed by atoms with van der Waals surface area (Å²) in [6, 6.07) is 13.2. The Morgan fingerprint density at radius 1 is 1.11 bits per heavy atom. The summed E-state index contributed by atoms with van der Waals surface area (Å²) in [5.74, 6) is 1.03. The van der Waals surface area contributed by atoms with E-state index in [1.807, 2.05) is 0 Å². The van der Waals surface area contributed by atoms with E-state index >= 15 is 0 Å². The van der Waals surface area contributed by atoms with Gasteiger partial charge in [-0.15, -0.1) is 0 Å². The molecule has 0 atom stereocenters. The summed E-state index contributed by atoms with van der Waals surface area (Å²) in [4.78, 5) is 16.5. The number of carbonyl (C=O) groups is 1. The van der Waals surface area contributed by atoms with Crippen LogP contribution in [0.4, 0.5) is 5.69 Å². The van der Waals surface area contributed by atoms with Gasteiger partial charge in [-0.2, -0.15) is 4.98 Å². The first kappa shape index (κ1) is 19.4. The first-order valence-electron chi connectivity index (χ1n) is 8.17. The highest BCUT2D eigenvalue weighted by Crippen LogP contribution is 2.19. The van der Waals surface area contributed by atoms with Gasteiger partial charge in [0.2, 0.25) is 21.7 Å². The first-order chi connectivity index (χ1) is 13.3. The molecule has 1 aromatic heterocycles. The maximum Gasteiger partial charge on any atom is 0.251 e. The molecule has 0 saturated carbocycles. The molecule has 0 spiro atoms. The molecule has 0 saturated heterocycles. The van der Waals surface area contributed by atoms with Crippen LogP contribution in [0, 0.1) is 0 Å². The SMILES string of the molecule is COc1ccc(-c2noc(CNC(=O)c3ccc(NS(C)(=O)=O)cc3)n2)cc1. The molecule has 0 unspecified atom stereocenters. The van der Waals surface area contributed by atoms with Crippen LogP contribution in [0.2, 0.25) is 0 Å². The molecule has 0 fully saturated rings. The number of amides is 1. The molecule has 2 aromatic carbocycles. The lowest BCUT2D eigenvalue weighted by Crippen LogP contribution is -2.23. The lowest BCUT2D eigenvalue weighted by Gasteiger charge is -2.05. The number of hydrogen-bond acceptors (Lipinski definition) is 7. The molecule has 1 heterocycles. The molecule has 1 amide bonds. The average molecular weight is 402 g/mol. The topological polar surface area (TPSA) is 123 Å². The van der Waals surface area contributed by atoms with Crippen LogP contribution >= 0.6 is 0 Å². The van der Waals surface area contributed by atoms with Gasteiger partial charge in [0.25, 0.3) is 5.91 Å². The van der Waals surface area contributed by atoms with Crippen molar-refractivity contribution >= 4 is 21.6 Å². The van der Waals surface area contributed by atoms with Crippen molar-refractivity contribution in [3.63, 3.8) is 0 Å². The van der Waals surface area contributed by atoms with Gasteiger partial charge in [0.05, 0.1) is 19.9 Å². The van der Waals surface area contributed by atoms with E-state index in [4.69, 9.17) is 9.26 Å². The number of anilines is 1. The van der Waals surface area contributed by atoms with Gasteiger partial charge in [-0.3, -0.25) is 9.52 Å². The fourth-order valence-electron chi connectivity index (χ4n) is 2.35. The molecular weight excluding hydrogens is 384 g/mol. The smallest absolute Gasteiger partial charge is 0.251 e. The molecule has 0 radical (unpaired) electrons. The van der Waals surface area contributed by atoms with Gasteiger partial charge in [0.15, 0.2) is 0 Å². The van der Waals surface area contributed by atoms with Crippen molar-refractivity contribution in [2.75, 3.05) is 18.1 Å². The highest BCUT2D eigenvalue weighted by Gasteiger charge is 2.11. The third kappa shape index (κ3) is 5.07. The number of rotatable bonds is 7. The van der Waals surface area contributed by atoms with Crippen LogP contribution < -0.4 is 14.8 Å². The van der Waals surface area contributed by atoms with E-state index in [0.29, 0.717) is 17.1 Å². The van der Waals surface area contributed by atoms with E-state index in [-0.39, 0.29) is 18.3 Å². The van der Waals surface area contributed by atoms with Gasteiger partial charge in [-0.05, 0) is 48.5 Å². The monoisotopic (exact) mass is 402 g/mol. The standard InChI is InChI=1S/C18H18N4O5S/c1-26-15-9-5-12(6-10-15)17-20-16(27-21-17)11-19-18(23)13-3-7-14(8-4-13)22-28(2,24)25/h3-10,22H,11H2,1-2H3,(H,19,23). The van der Waals surface area contributed by atoms with Gasteiger partial charge in [-0.25, -0.2) is 8.42 Å². The molecule has 9 nitrogen and oxygen atoms in total. The van der Waals surface area contributed by atoms with Crippen molar-refractivity contribution in [1.29, 1.82) is 0 Å². The van der Waals surface area contributed by atoms with Gasteiger partial charge < -0.3 is 14.6 Å². The Bertz CT molecular complexity index is 1060. The minimum atomic E-state index is -3.37. The van der Waals surface area contributed by atoms with Crippen LogP contribution in [0.15, 0.2) is 53.1 Å². The normalized spacial score (nSPS) is 11.1. The molecule has 0 aliphatic rings. The van der Waals surface area contributed by atoms with Crippen LogP contribution in [0.25, 0.3) is 11.4 Å². The Labute approximate surface area is 161 Å². The van der Waals surface area contributed by atoms with E-state index < -0.39 is 10.0 Å². The number of benzene rings is 2. The molecule has 2 N–H and O–H groups in total. The number of methoxy groups -OCH3 is 1. The fraction of sp³-hybridized carbons (Fsp3) is 0.167. The van der Waals surface area contributed by atoms with Gasteiger partial charge in [-0.1, -0.05) is 5.16 Å². The molecule has 3 rings (SSSR count). The summed E-state index contributed by atoms with van der Waals surface area (Å²) in [5, 5.41) is 6.57. The minimum absolute atomic E-state index is 0.0608. The molecule has 0 bridgehead atoms. The Morgan fingerprint density at radius 2 is 1.79 bits per heavy atom. The lowest BCUT2D eigenvalue weighted by molar-refractivity contribution is 0.0946.